The highest BCUT2D eigenvalue weighted by atomic mass is 35.5. The van der Waals surface area contributed by atoms with Crippen molar-refractivity contribution in [3.8, 4) is 17.2 Å². The summed E-state index contributed by atoms with van der Waals surface area (Å²) in [6, 6.07) is 16.8. The van der Waals surface area contributed by atoms with Gasteiger partial charge in [0.15, 0.2) is 11.5 Å². The number of carbonyl (C=O) groups excluding carboxylic acids is 1. The second kappa shape index (κ2) is 10.9. The standard InChI is InChI=1S/C26H25Cl2N3O4/c1-33-22-13-17(14-23(34-2)25(22)35-3)26(32)29-11-10-24-30-20-6-4-5-7-21(20)31(24)15-16-8-9-18(27)19(28)12-16/h4-9,12-14H,10-11,15H2,1-3H3,(H,29,32). The van der Waals surface area contributed by atoms with Gasteiger partial charge in [-0.05, 0) is 42.0 Å². The molecule has 4 rings (SSSR count). The molecule has 0 aliphatic rings. The first kappa shape index (κ1) is 24.7. The van der Waals surface area contributed by atoms with Crippen molar-refractivity contribution in [1.82, 2.24) is 14.9 Å². The van der Waals surface area contributed by atoms with Crippen LogP contribution in [0.25, 0.3) is 11.0 Å². The lowest BCUT2D eigenvalue weighted by atomic mass is 10.1. The number of imidazole rings is 1. The number of rotatable bonds is 9. The van der Waals surface area contributed by atoms with Crippen LogP contribution in [0.2, 0.25) is 10.0 Å². The molecule has 4 aromatic rings. The number of carbonyl (C=O) groups is 1. The molecular weight excluding hydrogens is 489 g/mol. The number of amides is 1. The van der Waals surface area contributed by atoms with E-state index in [9.17, 15) is 4.79 Å². The van der Waals surface area contributed by atoms with Crippen molar-refractivity contribution in [1.29, 1.82) is 0 Å². The van der Waals surface area contributed by atoms with Crippen molar-refractivity contribution in [2.75, 3.05) is 27.9 Å². The highest BCUT2D eigenvalue weighted by Gasteiger charge is 2.17. The van der Waals surface area contributed by atoms with Crippen molar-refractivity contribution >= 4 is 40.1 Å². The Balaban J connectivity index is 1.53. The van der Waals surface area contributed by atoms with E-state index in [1.165, 1.54) is 21.3 Å². The Morgan fingerprint density at radius 2 is 1.66 bits per heavy atom. The zero-order valence-electron chi connectivity index (χ0n) is 19.6. The monoisotopic (exact) mass is 513 g/mol. The summed E-state index contributed by atoms with van der Waals surface area (Å²) in [4.78, 5) is 17.7. The third kappa shape index (κ3) is 5.31. The lowest BCUT2D eigenvalue weighted by Gasteiger charge is -2.14. The topological polar surface area (TPSA) is 74.6 Å². The molecule has 0 aliphatic carbocycles. The minimum atomic E-state index is -0.253. The van der Waals surface area contributed by atoms with Gasteiger partial charge in [0.05, 0.1) is 42.4 Å². The highest BCUT2D eigenvalue weighted by molar-refractivity contribution is 6.42. The fourth-order valence-corrected chi connectivity index (χ4v) is 4.24. The molecular formula is C26H25Cl2N3O4. The van der Waals surface area contributed by atoms with Gasteiger partial charge in [-0.1, -0.05) is 41.4 Å². The number of fused-ring (bicyclic) bond motifs is 1. The summed E-state index contributed by atoms with van der Waals surface area (Å²) >= 11 is 12.3. The first-order valence-corrected chi connectivity index (χ1v) is 11.7. The molecule has 1 heterocycles. The van der Waals surface area contributed by atoms with Crippen LogP contribution in [0.5, 0.6) is 17.2 Å². The van der Waals surface area contributed by atoms with Crippen molar-refractivity contribution < 1.29 is 19.0 Å². The van der Waals surface area contributed by atoms with Crippen molar-refractivity contribution in [2.24, 2.45) is 0 Å². The summed E-state index contributed by atoms with van der Waals surface area (Å²) in [5.41, 5.74) is 3.30. The minimum Gasteiger partial charge on any atom is -0.493 e. The van der Waals surface area contributed by atoms with E-state index in [1.807, 2.05) is 36.4 Å². The molecule has 0 saturated heterocycles. The number of aromatic nitrogens is 2. The largest absolute Gasteiger partial charge is 0.493 e. The maximum absolute atomic E-state index is 12.9. The number of hydrogen-bond donors (Lipinski definition) is 1. The normalized spacial score (nSPS) is 10.9. The molecule has 3 aromatic carbocycles. The molecule has 1 aromatic heterocycles. The van der Waals surface area contributed by atoms with Crippen LogP contribution >= 0.6 is 23.2 Å². The molecule has 0 radical (unpaired) electrons. The number of nitrogens with one attached hydrogen (secondary N) is 1. The van der Waals surface area contributed by atoms with Crippen LogP contribution in [0.1, 0.15) is 21.7 Å². The number of benzene rings is 3. The number of para-hydroxylation sites is 2. The third-order valence-electron chi connectivity index (χ3n) is 5.62. The van der Waals surface area contributed by atoms with E-state index in [0.29, 0.717) is 52.4 Å². The van der Waals surface area contributed by atoms with E-state index in [1.54, 1.807) is 18.2 Å². The van der Waals surface area contributed by atoms with Crippen LogP contribution in [-0.2, 0) is 13.0 Å². The Morgan fingerprint density at radius 3 is 2.31 bits per heavy atom. The molecule has 0 fully saturated rings. The van der Waals surface area contributed by atoms with Crippen LogP contribution in [0.3, 0.4) is 0 Å². The molecule has 0 atom stereocenters. The number of ether oxygens (including phenoxy) is 3. The molecule has 1 amide bonds. The third-order valence-corrected chi connectivity index (χ3v) is 6.36. The maximum atomic E-state index is 12.9. The Kier molecular flexibility index (Phi) is 7.68. The molecule has 1 N–H and O–H groups in total. The number of methoxy groups -OCH3 is 3. The second-order valence-corrected chi connectivity index (χ2v) is 8.59. The van der Waals surface area contributed by atoms with E-state index in [4.69, 9.17) is 42.4 Å². The summed E-state index contributed by atoms with van der Waals surface area (Å²) in [5.74, 6) is 1.86. The Bertz CT molecular complexity index is 1350. The zero-order chi connectivity index (χ0) is 24.9. The SMILES string of the molecule is COc1cc(C(=O)NCCc2nc3ccccc3n2Cc2ccc(Cl)c(Cl)c2)cc(OC)c1OC. The predicted molar refractivity (Wildman–Crippen MR) is 137 cm³/mol. The van der Waals surface area contributed by atoms with Crippen LogP contribution in [-0.4, -0.2) is 43.3 Å². The molecule has 7 nitrogen and oxygen atoms in total. The van der Waals surface area contributed by atoms with E-state index in [0.717, 1.165) is 22.4 Å². The molecule has 0 saturated carbocycles. The predicted octanol–water partition coefficient (Wildman–Crippen LogP) is 5.39. The van der Waals surface area contributed by atoms with Crippen molar-refractivity contribution in [2.45, 2.75) is 13.0 Å². The lowest BCUT2D eigenvalue weighted by molar-refractivity contribution is 0.0953. The van der Waals surface area contributed by atoms with Gasteiger partial charge >= 0.3 is 0 Å². The Labute approximate surface area is 213 Å². The van der Waals surface area contributed by atoms with Gasteiger partial charge in [0.25, 0.3) is 5.91 Å². The van der Waals surface area contributed by atoms with E-state index in [2.05, 4.69) is 9.88 Å². The Morgan fingerprint density at radius 1 is 0.943 bits per heavy atom. The van der Waals surface area contributed by atoms with Crippen LogP contribution in [0, 0.1) is 0 Å². The van der Waals surface area contributed by atoms with E-state index >= 15 is 0 Å². The second-order valence-electron chi connectivity index (χ2n) is 7.77. The summed E-state index contributed by atoms with van der Waals surface area (Å²) in [5, 5.41) is 3.98. The van der Waals surface area contributed by atoms with Crippen LogP contribution < -0.4 is 19.5 Å². The highest BCUT2D eigenvalue weighted by Crippen LogP contribution is 2.38. The lowest BCUT2D eigenvalue weighted by Crippen LogP contribution is -2.26. The zero-order valence-corrected chi connectivity index (χ0v) is 21.1. The van der Waals surface area contributed by atoms with Gasteiger partial charge in [0, 0.05) is 25.1 Å². The Hall–Kier alpha value is -3.42. The number of halogens is 2. The summed E-state index contributed by atoms with van der Waals surface area (Å²) in [7, 11) is 4.54. The van der Waals surface area contributed by atoms with Gasteiger partial charge in [-0.3, -0.25) is 4.79 Å². The first-order valence-electron chi connectivity index (χ1n) is 10.9. The van der Waals surface area contributed by atoms with E-state index in [-0.39, 0.29) is 5.91 Å². The van der Waals surface area contributed by atoms with Gasteiger partial charge in [0.2, 0.25) is 5.75 Å². The van der Waals surface area contributed by atoms with Crippen LogP contribution in [0.4, 0.5) is 0 Å². The molecule has 0 aliphatic heterocycles. The summed E-state index contributed by atoms with van der Waals surface area (Å²) in [6.07, 6.45) is 0.534. The van der Waals surface area contributed by atoms with Gasteiger partial charge in [-0.25, -0.2) is 4.98 Å². The smallest absolute Gasteiger partial charge is 0.251 e. The fourth-order valence-electron chi connectivity index (χ4n) is 3.92. The van der Waals surface area contributed by atoms with E-state index < -0.39 is 0 Å². The van der Waals surface area contributed by atoms with Gasteiger partial charge in [-0.2, -0.15) is 0 Å². The molecule has 35 heavy (non-hydrogen) atoms. The fraction of sp³-hybridized carbons (Fsp3) is 0.231. The van der Waals surface area contributed by atoms with Crippen LogP contribution in [0.15, 0.2) is 54.6 Å². The average Bonchev–Trinajstić information content (AvgIpc) is 3.22. The minimum absolute atomic E-state index is 0.253. The van der Waals surface area contributed by atoms with Gasteiger partial charge in [-0.15, -0.1) is 0 Å². The maximum Gasteiger partial charge on any atom is 0.251 e. The molecule has 0 bridgehead atoms. The molecule has 9 heteroatoms. The van der Waals surface area contributed by atoms with Crippen molar-refractivity contribution in [3.63, 3.8) is 0 Å². The average molecular weight is 514 g/mol. The molecule has 0 unspecified atom stereocenters. The summed E-state index contributed by atoms with van der Waals surface area (Å²) < 4.78 is 18.2. The number of nitrogens with zero attached hydrogens (tertiary/aromatic N) is 2. The van der Waals surface area contributed by atoms with Gasteiger partial charge in [0.1, 0.15) is 5.82 Å². The first-order chi connectivity index (χ1) is 16.9. The molecule has 182 valence electrons. The summed E-state index contributed by atoms with van der Waals surface area (Å²) in [6.45, 7) is 0.966. The quantitative estimate of drug-likeness (QED) is 0.324. The molecule has 0 spiro atoms. The van der Waals surface area contributed by atoms with Gasteiger partial charge < -0.3 is 24.1 Å². The number of hydrogen-bond acceptors (Lipinski definition) is 5. The van der Waals surface area contributed by atoms with Crippen molar-refractivity contribution in [3.05, 3.63) is 81.6 Å².